The van der Waals surface area contributed by atoms with Crippen LogP contribution in [-0.4, -0.2) is 31.1 Å². The Labute approximate surface area is 72.4 Å². The molecule has 12 heavy (non-hydrogen) atoms. The molecule has 0 saturated carbocycles. The van der Waals surface area contributed by atoms with Gasteiger partial charge in [0.25, 0.3) is 0 Å². The minimum Gasteiger partial charge on any atom is -0.347 e. The lowest BCUT2D eigenvalue weighted by atomic mass is 9.98. The Balaban J connectivity index is 1.80. The van der Waals surface area contributed by atoms with E-state index in [-0.39, 0.29) is 5.79 Å². The first-order valence-electron chi connectivity index (χ1n) is 4.90. The lowest BCUT2D eigenvalue weighted by Gasteiger charge is -2.36. The predicted octanol–water partition coefficient (Wildman–Crippen LogP) is 0.644. The summed E-state index contributed by atoms with van der Waals surface area (Å²) in [5, 5.41) is 3.58. The largest absolute Gasteiger partial charge is 0.347 e. The summed E-state index contributed by atoms with van der Waals surface area (Å²) in [5.41, 5.74) is 0. The summed E-state index contributed by atoms with van der Waals surface area (Å²) in [6, 6.07) is 1.31. The highest BCUT2D eigenvalue weighted by Crippen LogP contribution is 2.39. The van der Waals surface area contributed by atoms with Crippen molar-refractivity contribution in [3.05, 3.63) is 0 Å². The van der Waals surface area contributed by atoms with E-state index in [0.29, 0.717) is 12.1 Å². The van der Waals surface area contributed by atoms with Gasteiger partial charge in [-0.25, -0.2) is 0 Å². The van der Waals surface area contributed by atoms with Crippen molar-refractivity contribution in [2.45, 2.75) is 43.6 Å². The van der Waals surface area contributed by atoms with Gasteiger partial charge in [-0.2, -0.15) is 0 Å². The standard InChI is InChI=1S/C9H15NO2/c1-2-8-6-9(5-7(1)10-8)11-3-4-12-9/h7-8,10H,1-6H2/t7-,8+. The van der Waals surface area contributed by atoms with E-state index in [1.165, 1.54) is 12.8 Å². The smallest absolute Gasteiger partial charge is 0.171 e. The molecule has 2 atom stereocenters. The second-order valence-electron chi connectivity index (χ2n) is 4.15. The molecule has 3 heteroatoms. The maximum atomic E-state index is 5.70. The minimum atomic E-state index is -0.183. The fourth-order valence-corrected chi connectivity index (χ4v) is 2.79. The zero-order valence-electron chi connectivity index (χ0n) is 7.21. The SMILES string of the molecule is C1COC2(C[C@H]3CC[C@@H](C2)N3)O1. The molecule has 3 heterocycles. The second-order valence-corrected chi connectivity index (χ2v) is 4.15. The fourth-order valence-electron chi connectivity index (χ4n) is 2.79. The van der Waals surface area contributed by atoms with Gasteiger partial charge in [-0.05, 0) is 12.8 Å². The number of hydrogen-bond acceptors (Lipinski definition) is 3. The molecule has 3 aliphatic heterocycles. The Morgan fingerprint density at radius 3 is 2.17 bits per heavy atom. The highest BCUT2D eigenvalue weighted by molar-refractivity contribution is 4.97. The highest BCUT2D eigenvalue weighted by atomic mass is 16.7. The molecule has 0 radical (unpaired) electrons. The van der Waals surface area contributed by atoms with Crippen LogP contribution in [0.4, 0.5) is 0 Å². The Morgan fingerprint density at radius 1 is 1.00 bits per heavy atom. The molecule has 0 unspecified atom stereocenters. The fraction of sp³-hybridized carbons (Fsp3) is 1.00. The molecule has 3 aliphatic rings. The van der Waals surface area contributed by atoms with Crippen LogP contribution in [0.15, 0.2) is 0 Å². The van der Waals surface area contributed by atoms with Gasteiger partial charge in [0.15, 0.2) is 5.79 Å². The molecule has 1 spiro atoms. The van der Waals surface area contributed by atoms with Crippen LogP contribution >= 0.6 is 0 Å². The van der Waals surface area contributed by atoms with Gasteiger partial charge in [-0.3, -0.25) is 0 Å². The summed E-state index contributed by atoms with van der Waals surface area (Å²) in [5.74, 6) is -0.183. The predicted molar refractivity (Wildman–Crippen MR) is 43.8 cm³/mol. The van der Waals surface area contributed by atoms with E-state index in [0.717, 1.165) is 26.1 Å². The Kier molecular flexibility index (Phi) is 1.48. The molecule has 1 N–H and O–H groups in total. The van der Waals surface area contributed by atoms with Crippen molar-refractivity contribution in [1.82, 2.24) is 5.32 Å². The molecule has 3 fully saturated rings. The van der Waals surface area contributed by atoms with Crippen LogP contribution in [0, 0.1) is 0 Å². The zero-order chi connectivity index (χ0) is 8.02. The van der Waals surface area contributed by atoms with Gasteiger partial charge in [0.1, 0.15) is 0 Å². The van der Waals surface area contributed by atoms with E-state index in [2.05, 4.69) is 5.32 Å². The second kappa shape index (κ2) is 2.44. The maximum absolute atomic E-state index is 5.70. The molecule has 0 aromatic heterocycles. The van der Waals surface area contributed by atoms with E-state index in [1.807, 2.05) is 0 Å². The summed E-state index contributed by atoms with van der Waals surface area (Å²) < 4.78 is 11.4. The topological polar surface area (TPSA) is 30.5 Å². The van der Waals surface area contributed by atoms with Crippen molar-refractivity contribution < 1.29 is 9.47 Å². The van der Waals surface area contributed by atoms with Gasteiger partial charge in [0.05, 0.1) is 13.2 Å². The van der Waals surface area contributed by atoms with Crippen LogP contribution in [-0.2, 0) is 9.47 Å². The van der Waals surface area contributed by atoms with Gasteiger partial charge < -0.3 is 14.8 Å². The van der Waals surface area contributed by atoms with Crippen molar-refractivity contribution in [1.29, 1.82) is 0 Å². The summed E-state index contributed by atoms with van der Waals surface area (Å²) >= 11 is 0. The number of rotatable bonds is 0. The highest BCUT2D eigenvalue weighted by Gasteiger charge is 2.47. The van der Waals surface area contributed by atoms with Crippen LogP contribution in [0.2, 0.25) is 0 Å². The maximum Gasteiger partial charge on any atom is 0.171 e. The lowest BCUT2D eigenvalue weighted by molar-refractivity contribution is -0.181. The van der Waals surface area contributed by atoms with E-state index in [4.69, 9.17) is 9.47 Å². The summed E-state index contributed by atoms with van der Waals surface area (Å²) in [7, 11) is 0. The summed E-state index contributed by atoms with van der Waals surface area (Å²) in [4.78, 5) is 0. The van der Waals surface area contributed by atoms with Crippen molar-refractivity contribution in [3.8, 4) is 0 Å². The minimum absolute atomic E-state index is 0.183. The Hall–Kier alpha value is -0.120. The van der Waals surface area contributed by atoms with Crippen LogP contribution in [0.3, 0.4) is 0 Å². The molecular formula is C9H15NO2. The molecule has 3 rings (SSSR count). The summed E-state index contributed by atoms with van der Waals surface area (Å²) in [6.07, 6.45) is 4.73. The van der Waals surface area contributed by atoms with E-state index in [1.54, 1.807) is 0 Å². The molecule has 3 saturated heterocycles. The number of nitrogens with one attached hydrogen (secondary N) is 1. The first kappa shape index (κ1) is 7.30. The van der Waals surface area contributed by atoms with Crippen molar-refractivity contribution in [3.63, 3.8) is 0 Å². The van der Waals surface area contributed by atoms with Crippen LogP contribution in [0.5, 0.6) is 0 Å². The van der Waals surface area contributed by atoms with Crippen LogP contribution in [0.25, 0.3) is 0 Å². The molecule has 0 aliphatic carbocycles. The van der Waals surface area contributed by atoms with Crippen molar-refractivity contribution in [2.75, 3.05) is 13.2 Å². The Bertz CT molecular complexity index is 175. The van der Waals surface area contributed by atoms with E-state index >= 15 is 0 Å². The number of ether oxygens (including phenoxy) is 2. The van der Waals surface area contributed by atoms with Crippen molar-refractivity contribution in [2.24, 2.45) is 0 Å². The number of piperidine rings is 1. The average Bonchev–Trinajstić information content (AvgIpc) is 2.60. The van der Waals surface area contributed by atoms with Crippen LogP contribution in [0.1, 0.15) is 25.7 Å². The summed E-state index contributed by atoms with van der Waals surface area (Å²) in [6.45, 7) is 1.58. The van der Waals surface area contributed by atoms with Gasteiger partial charge in [-0.15, -0.1) is 0 Å². The van der Waals surface area contributed by atoms with Gasteiger partial charge >= 0.3 is 0 Å². The molecular weight excluding hydrogens is 154 g/mol. The van der Waals surface area contributed by atoms with E-state index in [9.17, 15) is 0 Å². The third-order valence-electron chi connectivity index (χ3n) is 3.26. The first-order chi connectivity index (χ1) is 5.86. The quantitative estimate of drug-likeness (QED) is 0.577. The third kappa shape index (κ3) is 1.00. The van der Waals surface area contributed by atoms with Crippen molar-refractivity contribution >= 4 is 0 Å². The monoisotopic (exact) mass is 169 g/mol. The molecule has 0 amide bonds. The van der Waals surface area contributed by atoms with Gasteiger partial charge in [0.2, 0.25) is 0 Å². The lowest BCUT2D eigenvalue weighted by Crippen LogP contribution is -2.49. The van der Waals surface area contributed by atoms with E-state index < -0.39 is 0 Å². The molecule has 0 aromatic carbocycles. The van der Waals surface area contributed by atoms with Gasteiger partial charge in [0, 0.05) is 24.9 Å². The molecule has 0 aromatic rings. The number of fused-ring (bicyclic) bond motifs is 2. The molecule has 3 nitrogen and oxygen atoms in total. The molecule has 68 valence electrons. The first-order valence-corrected chi connectivity index (χ1v) is 4.90. The Morgan fingerprint density at radius 2 is 1.58 bits per heavy atom. The number of hydrogen-bond donors (Lipinski definition) is 1. The van der Waals surface area contributed by atoms with Gasteiger partial charge in [-0.1, -0.05) is 0 Å². The third-order valence-corrected chi connectivity index (χ3v) is 3.26. The zero-order valence-corrected chi connectivity index (χ0v) is 7.21. The van der Waals surface area contributed by atoms with Crippen LogP contribution < -0.4 is 5.32 Å². The normalized spacial score (nSPS) is 44.0. The average molecular weight is 169 g/mol. The molecule has 2 bridgehead atoms.